The predicted octanol–water partition coefficient (Wildman–Crippen LogP) is 3.11. The molecule has 1 aliphatic rings. The average molecular weight is 544 g/mol. The lowest BCUT2D eigenvalue weighted by atomic mass is 10.2. The number of halogens is 5. The summed E-state index contributed by atoms with van der Waals surface area (Å²) in [5, 5.41) is -0.240. The van der Waals surface area contributed by atoms with Gasteiger partial charge in [0.2, 0.25) is 5.88 Å². The second-order valence-electron chi connectivity index (χ2n) is 8.87. The standard InChI is InChI=1S/C25H17F5N6O3/c1-39-23-22-18(8-20(32-23)33-10-16(29)17(30)11-33)35(13-2-3-14(27)15(28)7-13)25(38)36(24(22)37)21-9-31-19-6-12(26)4-5-34(19)21/h2-9,16-17H,10-11H2,1H3/t16-,17+. The first-order valence-corrected chi connectivity index (χ1v) is 11.6. The third-order valence-corrected chi connectivity index (χ3v) is 6.54. The summed E-state index contributed by atoms with van der Waals surface area (Å²) in [5.74, 6) is -3.40. The Kier molecular flexibility index (Phi) is 5.62. The summed E-state index contributed by atoms with van der Waals surface area (Å²) in [6.45, 7) is -0.679. The molecule has 5 heterocycles. The maximum atomic E-state index is 14.3. The summed E-state index contributed by atoms with van der Waals surface area (Å²) in [6, 6.07) is 6.11. The van der Waals surface area contributed by atoms with Gasteiger partial charge >= 0.3 is 5.69 Å². The van der Waals surface area contributed by atoms with Gasteiger partial charge in [-0.1, -0.05) is 0 Å². The molecule has 39 heavy (non-hydrogen) atoms. The van der Waals surface area contributed by atoms with Crippen molar-refractivity contribution in [1.29, 1.82) is 0 Å². The van der Waals surface area contributed by atoms with Gasteiger partial charge < -0.3 is 9.64 Å². The van der Waals surface area contributed by atoms with Crippen LogP contribution in [-0.4, -0.2) is 56.0 Å². The fourth-order valence-corrected chi connectivity index (χ4v) is 4.68. The van der Waals surface area contributed by atoms with E-state index in [2.05, 4.69) is 9.97 Å². The summed E-state index contributed by atoms with van der Waals surface area (Å²) in [7, 11) is 1.21. The van der Waals surface area contributed by atoms with Gasteiger partial charge in [0, 0.05) is 24.4 Å². The van der Waals surface area contributed by atoms with Crippen molar-refractivity contribution in [3.05, 3.63) is 87.1 Å². The van der Waals surface area contributed by atoms with Crippen LogP contribution in [0.15, 0.2) is 58.4 Å². The molecular formula is C25H17F5N6O3. The van der Waals surface area contributed by atoms with Crippen molar-refractivity contribution in [2.75, 3.05) is 25.1 Å². The van der Waals surface area contributed by atoms with Gasteiger partial charge in [-0.25, -0.2) is 36.3 Å². The molecule has 0 saturated carbocycles. The minimum atomic E-state index is -1.78. The highest BCUT2D eigenvalue weighted by atomic mass is 19.2. The van der Waals surface area contributed by atoms with Crippen LogP contribution >= 0.6 is 0 Å². The Balaban J connectivity index is 1.73. The number of ether oxygens (including phenoxy) is 1. The highest BCUT2D eigenvalue weighted by Crippen LogP contribution is 2.30. The van der Waals surface area contributed by atoms with Crippen LogP contribution in [0.4, 0.5) is 27.8 Å². The van der Waals surface area contributed by atoms with Crippen molar-refractivity contribution in [2.45, 2.75) is 12.3 Å². The van der Waals surface area contributed by atoms with E-state index in [1.165, 1.54) is 34.9 Å². The quantitative estimate of drug-likeness (QED) is 0.324. The van der Waals surface area contributed by atoms with E-state index in [0.29, 0.717) is 4.57 Å². The number of aromatic nitrogens is 5. The SMILES string of the molecule is COc1nc(N2C[C@@H](F)[C@@H](F)C2)cc2c1c(=O)n(-c1cnc3cc(F)ccn13)c(=O)n2-c1ccc(F)c(F)c1. The van der Waals surface area contributed by atoms with E-state index < -0.39 is 41.0 Å². The third-order valence-electron chi connectivity index (χ3n) is 6.54. The number of anilines is 1. The Labute approximate surface area is 214 Å². The lowest BCUT2D eigenvalue weighted by Gasteiger charge is -2.20. The molecule has 0 spiro atoms. The normalized spacial score (nSPS) is 17.4. The number of hydrogen-bond donors (Lipinski definition) is 0. The van der Waals surface area contributed by atoms with Crippen LogP contribution in [0.1, 0.15) is 0 Å². The summed E-state index contributed by atoms with van der Waals surface area (Å²) in [5.41, 5.74) is -2.13. The zero-order chi connectivity index (χ0) is 27.6. The summed E-state index contributed by atoms with van der Waals surface area (Å²) in [4.78, 5) is 37.4. The molecular weight excluding hydrogens is 527 g/mol. The minimum absolute atomic E-state index is 0.000288. The van der Waals surface area contributed by atoms with Crippen LogP contribution in [0.3, 0.4) is 0 Å². The van der Waals surface area contributed by atoms with Gasteiger partial charge in [-0.05, 0) is 18.2 Å². The van der Waals surface area contributed by atoms with Gasteiger partial charge in [-0.3, -0.25) is 13.8 Å². The van der Waals surface area contributed by atoms with Crippen molar-refractivity contribution in [3.63, 3.8) is 0 Å². The number of benzene rings is 1. The Bertz CT molecular complexity index is 1890. The summed E-state index contributed by atoms with van der Waals surface area (Å²) < 4.78 is 78.1. The van der Waals surface area contributed by atoms with Gasteiger partial charge in [-0.2, -0.15) is 4.98 Å². The van der Waals surface area contributed by atoms with Crippen molar-refractivity contribution < 1.29 is 26.7 Å². The molecule has 200 valence electrons. The predicted molar refractivity (Wildman–Crippen MR) is 130 cm³/mol. The van der Waals surface area contributed by atoms with Crippen LogP contribution in [0.5, 0.6) is 5.88 Å². The van der Waals surface area contributed by atoms with Crippen molar-refractivity contribution in [3.8, 4) is 17.4 Å². The number of hydrogen-bond acceptors (Lipinski definition) is 6. The van der Waals surface area contributed by atoms with Gasteiger partial charge in [0.25, 0.3) is 5.56 Å². The van der Waals surface area contributed by atoms with Crippen molar-refractivity contribution in [2.24, 2.45) is 0 Å². The first kappa shape index (κ1) is 24.6. The van der Waals surface area contributed by atoms with E-state index in [-0.39, 0.29) is 52.8 Å². The van der Waals surface area contributed by atoms with Gasteiger partial charge in [0.1, 0.15) is 28.5 Å². The number of fused-ring (bicyclic) bond motifs is 2. The van der Waals surface area contributed by atoms with Gasteiger partial charge in [0.05, 0.1) is 37.6 Å². The molecule has 0 unspecified atom stereocenters. The zero-order valence-electron chi connectivity index (χ0n) is 20.0. The molecule has 5 aromatic rings. The van der Waals surface area contributed by atoms with Crippen molar-refractivity contribution >= 4 is 22.4 Å². The largest absolute Gasteiger partial charge is 0.480 e. The first-order chi connectivity index (χ1) is 18.7. The molecule has 9 nitrogen and oxygen atoms in total. The number of nitrogens with zero attached hydrogens (tertiary/aromatic N) is 6. The lowest BCUT2D eigenvalue weighted by Crippen LogP contribution is -2.39. The molecule has 14 heteroatoms. The molecule has 0 aliphatic carbocycles. The van der Waals surface area contributed by atoms with Crippen LogP contribution in [0.25, 0.3) is 28.1 Å². The smallest absolute Gasteiger partial charge is 0.342 e. The van der Waals surface area contributed by atoms with Crippen LogP contribution in [0, 0.1) is 17.5 Å². The molecule has 1 saturated heterocycles. The number of rotatable bonds is 4. The third kappa shape index (κ3) is 3.82. The second-order valence-corrected chi connectivity index (χ2v) is 8.87. The molecule has 1 fully saturated rings. The molecule has 2 atom stereocenters. The van der Waals surface area contributed by atoms with Crippen LogP contribution < -0.4 is 20.9 Å². The number of imidazole rings is 1. The first-order valence-electron chi connectivity index (χ1n) is 11.6. The zero-order valence-corrected chi connectivity index (χ0v) is 20.0. The molecule has 1 aliphatic heterocycles. The number of pyridine rings is 2. The van der Waals surface area contributed by atoms with E-state index in [4.69, 9.17) is 4.74 Å². The maximum absolute atomic E-state index is 14.3. The fourth-order valence-electron chi connectivity index (χ4n) is 4.68. The Morgan fingerprint density at radius 3 is 2.38 bits per heavy atom. The van der Waals surface area contributed by atoms with E-state index in [1.54, 1.807) is 0 Å². The lowest BCUT2D eigenvalue weighted by molar-refractivity contribution is 0.217. The summed E-state index contributed by atoms with van der Waals surface area (Å²) >= 11 is 0. The van der Waals surface area contributed by atoms with E-state index in [0.717, 1.165) is 34.9 Å². The molecule has 0 N–H and O–H groups in total. The Morgan fingerprint density at radius 1 is 0.949 bits per heavy atom. The van der Waals surface area contributed by atoms with Crippen LogP contribution in [0.2, 0.25) is 0 Å². The van der Waals surface area contributed by atoms with Gasteiger partial charge in [0.15, 0.2) is 24.0 Å². The van der Waals surface area contributed by atoms with Gasteiger partial charge in [-0.15, -0.1) is 0 Å². The maximum Gasteiger partial charge on any atom is 0.342 e. The van der Waals surface area contributed by atoms with Crippen LogP contribution in [-0.2, 0) is 0 Å². The highest BCUT2D eigenvalue weighted by Gasteiger charge is 2.34. The number of methoxy groups -OCH3 is 1. The number of alkyl halides is 2. The summed E-state index contributed by atoms with van der Waals surface area (Å²) in [6.07, 6.45) is -1.14. The fraction of sp³-hybridized carbons (Fsp3) is 0.200. The van der Waals surface area contributed by atoms with E-state index in [1.807, 2.05) is 0 Å². The molecule has 1 aromatic carbocycles. The monoisotopic (exact) mass is 544 g/mol. The Hall–Kier alpha value is -4.75. The average Bonchev–Trinajstić information content (AvgIpc) is 3.47. The Morgan fingerprint density at radius 2 is 1.69 bits per heavy atom. The molecule has 0 amide bonds. The highest BCUT2D eigenvalue weighted by molar-refractivity contribution is 5.87. The van der Waals surface area contributed by atoms with Crippen molar-refractivity contribution in [1.82, 2.24) is 23.5 Å². The molecule has 6 rings (SSSR count). The molecule has 4 aromatic heterocycles. The minimum Gasteiger partial charge on any atom is -0.480 e. The van der Waals surface area contributed by atoms with E-state index >= 15 is 0 Å². The topological polar surface area (TPSA) is 86.7 Å². The second kappa shape index (κ2) is 8.92. The van der Waals surface area contributed by atoms with E-state index in [9.17, 15) is 31.5 Å². The molecule has 0 bridgehead atoms. The molecule has 0 radical (unpaired) electrons.